The summed E-state index contributed by atoms with van der Waals surface area (Å²) in [4.78, 5) is 10.6. The first-order chi connectivity index (χ1) is 15.1. The van der Waals surface area contributed by atoms with Gasteiger partial charge >= 0.3 is 0 Å². The molecule has 1 unspecified atom stereocenters. The first-order valence-electron chi connectivity index (χ1n) is 9.79. The van der Waals surface area contributed by atoms with Crippen LogP contribution in [0, 0.1) is 5.82 Å². The summed E-state index contributed by atoms with van der Waals surface area (Å²) in [6.07, 6.45) is 2.31. The van der Waals surface area contributed by atoms with Crippen LogP contribution < -0.4 is 5.14 Å². The highest BCUT2D eigenvalue weighted by Gasteiger charge is 2.16. The average molecular weight is 446 g/mol. The lowest BCUT2D eigenvalue weighted by molar-refractivity contribution is -0.111. The fourth-order valence-corrected chi connectivity index (χ4v) is 3.60. The van der Waals surface area contributed by atoms with Crippen LogP contribution in [0.15, 0.2) is 59.5 Å². The van der Waals surface area contributed by atoms with Crippen molar-refractivity contribution in [3.8, 4) is 16.9 Å². The zero-order chi connectivity index (χ0) is 22.1. The van der Waals surface area contributed by atoms with Gasteiger partial charge in [0, 0.05) is 18.8 Å². The highest BCUT2D eigenvalue weighted by molar-refractivity contribution is 7.82. The monoisotopic (exact) mass is 445 g/mol. The molecule has 2 N–H and O–H groups in total. The van der Waals surface area contributed by atoms with Gasteiger partial charge in [0.1, 0.15) is 29.7 Å². The SMILES string of the molecule is NS(=O)c1ccccc1-n1nc(COCCCCOCC=O)cc1-c1ccc(F)cc1. The number of hydrogen-bond acceptors (Lipinski definition) is 5. The van der Waals surface area contributed by atoms with E-state index >= 15 is 0 Å². The predicted octanol–water partition coefficient (Wildman–Crippen LogP) is 3.17. The molecule has 0 amide bonds. The molecule has 9 heteroatoms. The Bertz CT molecular complexity index is 1020. The Morgan fingerprint density at radius 2 is 1.77 bits per heavy atom. The van der Waals surface area contributed by atoms with Gasteiger partial charge < -0.3 is 14.3 Å². The molecule has 3 rings (SSSR count). The third kappa shape index (κ3) is 6.38. The number of nitrogens with two attached hydrogens (primary N) is 1. The number of aromatic nitrogens is 2. The molecule has 0 aliphatic rings. The fourth-order valence-electron chi connectivity index (χ4n) is 3.03. The number of para-hydroxylation sites is 1. The van der Waals surface area contributed by atoms with Gasteiger partial charge in [0.25, 0.3) is 0 Å². The van der Waals surface area contributed by atoms with Crippen LogP contribution in [0.3, 0.4) is 0 Å². The second kappa shape index (κ2) is 11.6. The maximum Gasteiger partial charge on any atom is 0.145 e. The van der Waals surface area contributed by atoms with Gasteiger partial charge in [-0.3, -0.25) is 0 Å². The maximum atomic E-state index is 13.4. The Morgan fingerprint density at radius 1 is 1.06 bits per heavy atom. The number of carbonyl (C=O) groups excluding carboxylic acids is 1. The molecule has 0 spiro atoms. The van der Waals surface area contributed by atoms with E-state index in [2.05, 4.69) is 5.10 Å². The van der Waals surface area contributed by atoms with Gasteiger partial charge in [0.2, 0.25) is 0 Å². The molecule has 1 heterocycles. The smallest absolute Gasteiger partial charge is 0.145 e. The van der Waals surface area contributed by atoms with Crippen molar-refractivity contribution in [3.63, 3.8) is 0 Å². The van der Waals surface area contributed by atoms with Crippen molar-refractivity contribution in [3.05, 3.63) is 66.1 Å². The van der Waals surface area contributed by atoms with Crippen LogP contribution in [-0.4, -0.2) is 40.1 Å². The van der Waals surface area contributed by atoms with Crippen LogP contribution in [0.2, 0.25) is 0 Å². The minimum Gasteiger partial charge on any atom is -0.375 e. The number of carbonyl (C=O) groups is 1. The van der Waals surface area contributed by atoms with Crippen molar-refractivity contribution in [1.29, 1.82) is 0 Å². The van der Waals surface area contributed by atoms with Gasteiger partial charge in [-0.25, -0.2) is 18.4 Å². The van der Waals surface area contributed by atoms with E-state index in [1.165, 1.54) is 12.1 Å². The van der Waals surface area contributed by atoms with E-state index in [-0.39, 0.29) is 19.0 Å². The summed E-state index contributed by atoms with van der Waals surface area (Å²) in [5, 5.41) is 10.3. The number of aldehydes is 1. The van der Waals surface area contributed by atoms with E-state index in [9.17, 15) is 13.4 Å². The number of nitrogens with zero attached hydrogens (tertiary/aromatic N) is 2. The average Bonchev–Trinajstić information content (AvgIpc) is 3.20. The van der Waals surface area contributed by atoms with Gasteiger partial charge in [0.05, 0.1) is 28.6 Å². The number of halogens is 1. The molecule has 2 aromatic carbocycles. The fraction of sp³-hybridized carbons (Fsp3) is 0.273. The zero-order valence-corrected chi connectivity index (χ0v) is 17.7. The highest BCUT2D eigenvalue weighted by atomic mass is 32.2. The minimum absolute atomic E-state index is 0.111. The summed E-state index contributed by atoms with van der Waals surface area (Å²) < 4.78 is 37.9. The summed E-state index contributed by atoms with van der Waals surface area (Å²) in [5.74, 6) is -0.334. The minimum atomic E-state index is -1.70. The van der Waals surface area contributed by atoms with Crippen molar-refractivity contribution in [1.82, 2.24) is 9.78 Å². The van der Waals surface area contributed by atoms with E-state index in [1.807, 2.05) is 12.1 Å². The molecule has 0 bridgehead atoms. The summed E-state index contributed by atoms with van der Waals surface area (Å²) in [7, 11) is -1.70. The summed E-state index contributed by atoms with van der Waals surface area (Å²) in [6.45, 7) is 1.43. The lowest BCUT2D eigenvalue weighted by atomic mass is 10.1. The van der Waals surface area contributed by atoms with Crippen LogP contribution in [0.4, 0.5) is 4.39 Å². The van der Waals surface area contributed by atoms with Crippen LogP contribution >= 0.6 is 0 Å². The second-order valence-corrected chi connectivity index (χ2v) is 7.74. The standard InChI is InChI=1S/C22H24FN3O4S/c23-18-9-7-17(8-10-18)21-15-19(16-30-13-4-3-12-29-14-11-27)25-26(21)20-5-1-2-6-22(20)31(24)28/h1-2,5-11,15H,3-4,12-14,16,24H2. The predicted molar refractivity (Wildman–Crippen MR) is 115 cm³/mol. The Labute approximate surface area is 182 Å². The van der Waals surface area contributed by atoms with Gasteiger partial charge in [0.15, 0.2) is 0 Å². The molecule has 164 valence electrons. The maximum absolute atomic E-state index is 13.4. The molecule has 3 aromatic rings. The molecule has 7 nitrogen and oxygen atoms in total. The van der Waals surface area contributed by atoms with Crippen molar-refractivity contribution >= 4 is 17.3 Å². The van der Waals surface area contributed by atoms with Crippen LogP contribution in [0.25, 0.3) is 16.9 Å². The lowest BCUT2D eigenvalue weighted by Gasteiger charge is -2.11. The first kappa shape index (κ1) is 23.0. The van der Waals surface area contributed by atoms with Gasteiger partial charge in [-0.15, -0.1) is 0 Å². The largest absolute Gasteiger partial charge is 0.375 e. The summed E-state index contributed by atoms with van der Waals surface area (Å²) >= 11 is 0. The number of benzene rings is 2. The third-order valence-corrected chi connectivity index (χ3v) is 5.25. The molecule has 0 aliphatic heterocycles. The summed E-state index contributed by atoms with van der Waals surface area (Å²) in [6, 6.07) is 15.0. The van der Waals surface area contributed by atoms with E-state index in [0.29, 0.717) is 35.2 Å². The molecule has 0 aliphatic carbocycles. The Morgan fingerprint density at radius 3 is 2.48 bits per heavy atom. The van der Waals surface area contributed by atoms with Gasteiger partial charge in [-0.2, -0.15) is 5.10 Å². The van der Waals surface area contributed by atoms with E-state index in [4.69, 9.17) is 14.6 Å². The highest BCUT2D eigenvalue weighted by Crippen LogP contribution is 2.27. The van der Waals surface area contributed by atoms with Crippen molar-refractivity contribution in [2.45, 2.75) is 24.3 Å². The van der Waals surface area contributed by atoms with Crippen LogP contribution in [0.5, 0.6) is 0 Å². The Hall–Kier alpha value is -2.72. The first-order valence-corrected chi connectivity index (χ1v) is 11.0. The molecule has 1 atom stereocenters. The van der Waals surface area contributed by atoms with Gasteiger partial charge in [-0.1, -0.05) is 12.1 Å². The van der Waals surface area contributed by atoms with Crippen molar-refractivity contribution in [2.75, 3.05) is 19.8 Å². The third-order valence-electron chi connectivity index (χ3n) is 4.47. The molecule has 31 heavy (non-hydrogen) atoms. The molecular formula is C22H24FN3O4S. The molecular weight excluding hydrogens is 421 g/mol. The Balaban J connectivity index is 1.78. The zero-order valence-electron chi connectivity index (χ0n) is 16.9. The number of ether oxygens (including phenoxy) is 2. The summed E-state index contributed by atoms with van der Waals surface area (Å²) in [5.41, 5.74) is 2.72. The van der Waals surface area contributed by atoms with E-state index < -0.39 is 11.0 Å². The number of unbranched alkanes of at least 4 members (excludes halogenated alkanes) is 1. The normalized spacial score (nSPS) is 12.1. The number of rotatable bonds is 12. The number of hydrogen-bond donors (Lipinski definition) is 1. The quantitative estimate of drug-likeness (QED) is 0.341. The molecule has 0 radical (unpaired) electrons. The topological polar surface area (TPSA) is 96.4 Å². The van der Waals surface area contributed by atoms with Gasteiger partial charge in [-0.05, 0) is 55.3 Å². The molecule has 0 saturated heterocycles. The second-order valence-electron chi connectivity index (χ2n) is 6.71. The van der Waals surface area contributed by atoms with E-state index in [1.54, 1.807) is 35.0 Å². The van der Waals surface area contributed by atoms with Crippen molar-refractivity contribution < 1.29 is 22.9 Å². The molecule has 1 aromatic heterocycles. The van der Waals surface area contributed by atoms with Crippen LogP contribution in [0.1, 0.15) is 18.5 Å². The van der Waals surface area contributed by atoms with E-state index in [0.717, 1.165) is 24.7 Å². The molecule has 0 saturated carbocycles. The molecule has 0 fully saturated rings. The lowest BCUT2D eigenvalue weighted by Crippen LogP contribution is -2.10. The Kier molecular flexibility index (Phi) is 8.60. The van der Waals surface area contributed by atoms with Crippen molar-refractivity contribution in [2.24, 2.45) is 5.14 Å². The van der Waals surface area contributed by atoms with Crippen LogP contribution in [-0.2, 0) is 31.9 Å².